The summed E-state index contributed by atoms with van der Waals surface area (Å²) in [7, 11) is -4.32. The lowest BCUT2D eigenvalue weighted by Gasteiger charge is -2.09. The Morgan fingerprint density at radius 1 is 1.22 bits per heavy atom. The number of nitro groups is 1. The Kier molecular flexibility index (Phi) is 4.27. The summed E-state index contributed by atoms with van der Waals surface area (Å²) in [5.74, 6) is -2.34. The molecule has 0 amide bonds. The van der Waals surface area contributed by atoms with Crippen molar-refractivity contribution < 1.29 is 27.6 Å². The Hall–Kier alpha value is -3.01. The van der Waals surface area contributed by atoms with Crippen LogP contribution in [0.2, 0.25) is 0 Å². The molecule has 23 heavy (non-hydrogen) atoms. The van der Waals surface area contributed by atoms with Crippen LogP contribution in [0.5, 0.6) is 0 Å². The molecule has 0 spiro atoms. The van der Waals surface area contributed by atoms with E-state index in [2.05, 4.69) is 0 Å². The number of nitrogens with one attached hydrogen (secondary N) is 1. The van der Waals surface area contributed by atoms with Gasteiger partial charge in [-0.25, -0.2) is 17.6 Å². The Bertz CT molecular complexity index is 897. The van der Waals surface area contributed by atoms with E-state index in [0.29, 0.717) is 18.2 Å². The van der Waals surface area contributed by atoms with E-state index in [1.165, 1.54) is 18.2 Å². The van der Waals surface area contributed by atoms with Crippen molar-refractivity contribution in [2.75, 3.05) is 4.72 Å². The zero-order valence-corrected chi connectivity index (χ0v) is 12.1. The molecule has 0 heterocycles. The molecule has 2 aromatic carbocycles. The van der Waals surface area contributed by atoms with Crippen LogP contribution in [0, 0.1) is 15.9 Å². The predicted octanol–water partition coefficient (Wildman–Crippen LogP) is 2.23. The van der Waals surface area contributed by atoms with Gasteiger partial charge < -0.3 is 5.11 Å². The first-order valence-corrected chi connectivity index (χ1v) is 7.48. The number of aromatic carboxylic acids is 1. The molecule has 0 saturated carbocycles. The monoisotopic (exact) mass is 340 g/mol. The van der Waals surface area contributed by atoms with Crippen LogP contribution >= 0.6 is 0 Å². The zero-order valence-electron chi connectivity index (χ0n) is 11.3. The van der Waals surface area contributed by atoms with Crippen molar-refractivity contribution in [3.63, 3.8) is 0 Å². The van der Waals surface area contributed by atoms with Crippen LogP contribution < -0.4 is 4.72 Å². The van der Waals surface area contributed by atoms with Gasteiger partial charge in [0, 0.05) is 11.8 Å². The van der Waals surface area contributed by atoms with Gasteiger partial charge in [-0.3, -0.25) is 14.8 Å². The maximum absolute atomic E-state index is 13.4. The lowest BCUT2D eigenvalue weighted by Crippen LogP contribution is -2.14. The van der Waals surface area contributed by atoms with Crippen molar-refractivity contribution >= 4 is 27.4 Å². The van der Waals surface area contributed by atoms with Crippen LogP contribution in [0.15, 0.2) is 47.4 Å². The fourth-order valence-electron chi connectivity index (χ4n) is 1.74. The van der Waals surface area contributed by atoms with E-state index < -0.39 is 37.3 Å². The molecule has 0 atom stereocenters. The molecular formula is C13H9FN2O6S. The number of halogens is 1. The predicted molar refractivity (Wildman–Crippen MR) is 77.3 cm³/mol. The van der Waals surface area contributed by atoms with E-state index in [0.717, 1.165) is 6.07 Å². The van der Waals surface area contributed by atoms with Gasteiger partial charge in [-0.05, 0) is 24.3 Å². The first-order valence-electron chi connectivity index (χ1n) is 6.00. The van der Waals surface area contributed by atoms with Crippen molar-refractivity contribution in [1.82, 2.24) is 0 Å². The SMILES string of the molecule is O=C(O)c1cccc(NS(=O)(=O)c2cc(F)cc([N+](=O)[O-])c2)c1. The van der Waals surface area contributed by atoms with Crippen molar-refractivity contribution in [2.24, 2.45) is 0 Å². The van der Waals surface area contributed by atoms with Crippen LogP contribution in [-0.2, 0) is 10.0 Å². The molecule has 2 rings (SSSR count). The summed E-state index contributed by atoms with van der Waals surface area (Å²) in [6, 6.07) is 6.83. The van der Waals surface area contributed by atoms with Crippen LogP contribution in [-0.4, -0.2) is 24.4 Å². The number of carbonyl (C=O) groups is 1. The standard InChI is InChI=1S/C13H9FN2O6S/c14-9-5-11(16(19)20)7-12(6-9)23(21,22)15-10-3-1-2-8(4-10)13(17)18/h1-7,15H,(H,17,18). The molecule has 0 saturated heterocycles. The van der Waals surface area contributed by atoms with Crippen molar-refractivity contribution in [2.45, 2.75) is 4.90 Å². The summed E-state index contributed by atoms with van der Waals surface area (Å²) in [4.78, 5) is 19.9. The molecular weight excluding hydrogens is 331 g/mol. The second-order valence-electron chi connectivity index (χ2n) is 4.39. The van der Waals surface area contributed by atoms with Crippen molar-refractivity contribution in [3.8, 4) is 0 Å². The third kappa shape index (κ3) is 3.80. The van der Waals surface area contributed by atoms with Crippen LogP contribution in [0.25, 0.3) is 0 Å². The molecule has 2 aromatic rings. The molecule has 0 aliphatic rings. The Morgan fingerprint density at radius 2 is 1.91 bits per heavy atom. The topological polar surface area (TPSA) is 127 Å². The number of hydrogen-bond donors (Lipinski definition) is 2. The van der Waals surface area contributed by atoms with Crippen molar-refractivity contribution in [3.05, 3.63) is 64.0 Å². The quantitative estimate of drug-likeness (QED) is 0.635. The number of carboxylic acids is 1. The van der Waals surface area contributed by atoms with Gasteiger partial charge in [-0.15, -0.1) is 0 Å². The molecule has 0 radical (unpaired) electrons. The summed E-state index contributed by atoms with van der Waals surface area (Å²) in [5, 5.41) is 19.5. The summed E-state index contributed by atoms with van der Waals surface area (Å²) in [5.41, 5.74) is -0.947. The first-order chi connectivity index (χ1) is 10.7. The smallest absolute Gasteiger partial charge is 0.335 e. The molecule has 0 fully saturated rings. The van der Waals surface area contributed by atoms with Gasteiger partial charge in [-0.1, -0.05) is 6.07 Å². The normalized spacial score (nSPS) is 11.0. The highest BCUT2D eigenvalue weighted by molar-refractivity contribution is 7.92. The molecule has 0 aliphatic carbocycles. The number of benzene rings is 2. The van der Waals surface area contributed by atoms with Gasteiger partial charge in [0.05, 0.1) is 21.4 Å². The van der Waals surface area contributed by atoms with E-state index in [1.807, 2.05) is 4.72 Å². The lowest BCUT2D eigenvalue weighted by atomic mass is 10.2. The number of nitro benzene ring substituents is 1. The van der Waals surface area contributed by atoms with E-state index >= 15 is 0 Å². The van der Waals surface area contributed by atoms with E-state index in [1.54, 1.807) is 0 Å². The number of anilines is 1. The minimum absolute atomic E-state index is 0.0724. The van der Waals surface area contributed by atoms with Crippen molar-refractivity contribution in [1.29, 1.82) is 0 Å². The summed E-state index contributed by atoms with van der Waals surface area (Å²) in [6.45, 7) is 0. The molecule has 10 heteroatoms. The maximum Gasteiger partial charge on any atom is 0.335 e. The lowest BCUT2D eigenvalue weighted by molar-refractivity contribution is -0.385. The highest BCUT2D eigenvalue weighted by Crippen LogP contribution is 2.22. The fraction of sp³-hybridized carbons (Fsp3) is 0. The van der Waals surface area contributed by atoms with E-state index in [-0.39, 0.29) is 11.3 Å². The summed E-state index contributed by atoms with van der Waals surface area (Å²) in [6.07, 6.45) is 0. The Morgan fingerprint density at radius 3 is 2.52 bits per heavy atom. The molecule has 0 unspecified atom stereocenters. The van der Waals surface area contributed by atoms with Gasteiger partial charge in [0.1, 0.15) is 5.82 Å². The molecule has 2 N–H and O–H groups in total. The second kappa shape index (κ2) is 6.01. The third-order valence-corrected chi connectivity index (χ3v) is 4.10. The third-order valence-electron chi connectivity index (χ3n) is 2.74. The number of rotatable bonds is 5. The van der Waals surface area contributed by atoms with Gasteiger partial charge in [0.2, 0.25) is 0 Å². The minimum Gasteiger partial charge on any atom is -0.478 e. The molecule has 0 aromatic heterocycles. The second-order valence-corrected chi connectivity index (χ2v) is 6.08. The average molecular weight is 340 g/mol. The van der Waals surface area contributed by atoms with Crippen LogP contribution in [0.3, 0.4) is 0 Å². The fourth-order valence-corrected chi connectivity index (χ4v) is 2.84. The number of sulfonamides is 1. The Labute approximate surface area is 129 Å². The largest absolute Gasteiger partial charge is 0.478 e. The number of nitrogens with zero attached hydrogens (tertiary/aromatic N) is 1. The highest BCUT2D eigenvalue weighted by atomic mass is 32.2. The first kappa shape index (κ1) is 16.4. The summed E-state index contributed by atoms with van der Waals surface area (Å²) < 4.78 is 39.7. The summed E-state index contributed by atoms with van der Waals surface area (Å²) >= 11 is 0. The molecule has 120 valence electrons. The van der Waals surface area contributed by atoms with Gasteiger partial charge in [0.25, 0.3) is 15.7 Å². The van der Waals surface area contributed by atoms with Gasteiger partial charge >= 0.3 is 5.97 Å². The average Bonchev–Trinajstić information content (AvgIpc) is 2.46. The van der Waals surface area contributed by atoms with Gasteiger partial charge in [0.15, 0.2) is 0 Å². The zero-order chi connectivity index (χ0) is 17.2. The minimum atomic E-state index is -4.32. The molecule has 0 aliphatic heterocycles. The number of hydrogen-bond acceptors (Lipinski definition) is 5. The Balaban J connectivity index is 2.41. The van der Waals surface area contributed by atoms with E-state index in [9.17, 15) is 27.7 Å². The number of carboxylic acid groups (broad SMARTS) is 1. The van der Waals surface area contributed by atoms with Gasteiger partial charge in [-0.2, -0.15) is 0 Å². The molecule has 0 bridgehead atoms. The molecule has 8 nitrogen and oxygen atoms in total. The number of non-ortho nitro benzene ring substituents is 1. The highest BCUT2D eigenvalue weighted by Gasteiger charge is 2.20. The van der Waals surface area contributed by atoms with Crippen LogP contribution in [0.4, 0.5) is 15.8 Å². The van der Waals surface area contributed by atoms with Crippen LogP contribution in [0.1, 0.15) is 10.4 Å². The maximum atomic E-state index is 13.4. The van der Waals surface area contributed by atoms with E-state index in [4.69, 9.17) is 5.11 Å².